The van der Waals surface area contributed by atoms with E-state index in [9.17, 15) is 18.0 Å². The summed E-state index contributed by atoms with van der Waals surface area (Å²) in [6, 6.07) is 3.48. The van der Waals surface area contributed by atoms with Crippen LogP contribution in [0.1, 0.15) is 16.8 Å². The molecule has 0 radical (unpaired) electrons. The van der Waals surface area contributed by atoms with Crippen molar-refractivity contribution in [3.05, 3.63) is 28.2 Å². The van der Waals surface area contributed by atoms with Gasteiger partial charge < -0.3 is 4.74 Å². The Labute approximate surface area is 109 Å². The van der Waals surface area contributed by atoms with Crippen molar-refractivity contribution in [1.29, 1.82) is 0 Å². The monoisotopic (exact) mass is 330 g/mol. The minimum absolute atomic E-state index is 0.0512. The quantitative estimate of drug-likeness (QED) is 0.612. The number of Topliss-reactive ketones (excluding diaryl/α,β-unsaturated/α-hetero) is 1. The number of carbonyl (C=O) groups excluding carboxylic acids is 1. The van der Waals surface area contributed by atoms with Crippen LogP contribution in [0.15, 0.2) is 22.7 Å². The van der Waals surface area contributed by atoms with Crippen LogP contribution in [0.3, 0.4) is 0 Å². The topological polar surface area (TPSA) is 26.3 Å². The molecule has 0 fully saturated rings. The highest BCUT2D eigenvalue weighted by molar-refractivity contribution is 9.10. The summed E-state index contributed by atoms with van der Waals surface area (Å²) in [5, 5.41) is 0. The Morgan fingerprint density at radius 3 is 2.59 bits per heavy atom. The van der Waals surface area contributed by atoms with E-state index in [1.807, 2.05) is 0 Å². The number of halogens is 5. The van der Waals surface area contributed by atoms with E-state index in [0.717, 1.165) is 12.1 Å². The first kappa shape index (κ1) is 14.3. The van der Waals surface area contributed by atoms with Gasteiger partial charge in [-0.3, -0.25) is 4.79 Å². The van der Waals surface area contributed by atoms with E-state index >= 15 is 0 Å². The van der Waals surface area contributed by atoms with E-state index in [1.54, 1.807) is 0 Å². The van der Waals surface area contributed by atoms with E-state index in [0.29, 0.717) is 4.47 Å². The summed E-state index contributed by atoms with van der Waals surface area (Å²) in [6.45, 7) is 0. The maximum absolute atomic E-state index is 12.0. The van der Waals surface area contributed by atoms with Gasteiger partial charge in [0.2, 0.25) is 0 Å². The average Bonchev–Trinajstić information content (AvgIpc) is 2.19. The summed E-state index contributed by atoms with van der Waals surface area (Å²) in [7, 11) is 0. The van der Waals surface area contributed by atoms with Gasteiger partial charge in [0.05, 0.1) is 0 Å². The molecular weight excluding hydrogens is 324 g/mol. The summed E-state index contributed by atoms with van der Waals surface area (Å²) < 4.78 is 40.1. The zero-order valence-corrected chi connectivity index (χ0v) is 10.7. The standard InChI is InChI=1S/C10H7BrClF3O2/c11-8-2-1-6(17-10(13,14)15)5-7(8)9(16)3-4-12/h1-2,5H,3-4H2. The second kappa shape index (κ2) is 5.73. The predicted octanol–water partition coefficient (Wildman–Crippen LogP) is 4.16. The summed E-state index contributed by atoms with van der Waals surface area (Å²) in [4.78, 5) is 11.5. The van der Waals surface area contributed by atoms with E-state index in [4.69, 9.17) is 11.6 Å². The minimum Gasteiger partial charge on any atom is -0.406 e. The van der Waals surface area contributed by atoms with E-state index < -0.39 is 12.1 Å². The lowest BCUT2D eigenvalue weighted by molar-refractivity contribution is -0.274. The summed E-state index contributed by atoms with van der Waals surface area (Å²) in [6.07, 6.45) is -4.73. The Balaban J connectivity index is 2.98. The number of rotatable bonds is 4. The fourth-order valence-corrected chi connectivity index (χ4v) is 1.78. The van der Waals surface area contributed by atoms with Gasteiger partial charge in [-0.1, -0.05) is 15.9 Å². The third-order valence-corrected chi connectivity index (χ3v) is 2.67. The van der Waals surface area contributed by atoms with Crippen molar-refractivity contribution >= 4 is 33.3 Å². The van der Waals surface area contributed by atoms with Crippen molar-refractivity contribution in [1.82, 2.24) is 0 Å². The van der Waals surface area contributed by atoms with Crippen molar-refractivity contribution in [2.75, 3.05) is 5.88 Å². The van der Waals surface area contributed by atoms with Gasteiger partial charge in [-0.15, -0.1) is 24.8 Å². The maximum atomic E-state index is 12.0. The fraction of sp³-hybridized carbons (Fsp3) is 0.300. The van der Waals surface area contributed by atoms with Crippen molar-refractivity contribution in [3.8, 4) is 5.75 Å². The smallest absolute Gasteiger partial charge is 0.406 e. The molecule has 0 bridgehead atoms. The molecule has 1 rings (SSSR count). The summed E-state index contributed by atoms with van der Waals surface area (Å²) in [5.74, 6) is -0.673. The molecule has 1 aromatic carbocycles. The number of alkyl halides is 4. The highest BCUT2D eigenvalue weighted by atomic mass is 79.9. The van der Waals surface area contributed by atoms with Crippen LogP contribution in [-0.4, -0.2) is 18.0 Å². The minimum atomic E-state index is -4.78. The molecule has 0 saturated heterocycles. The van der Waals surface area contributed by atoms with Gasteiger partial charge in [-0.2, -0.15) is 0 Å². The number of benzene rings is 1. The van der Waals surface area contributed by atoms with Crippen LogP contribution in [0.25, 0.3) is 0 Å². The Hall–Kier alpha value is -0.750. The highest BCUT2D eigenvalue weighted by Crippen LogP contribution is 2.28. The maximum Gasteiger partial charge on any atom is 0.573 e. The summed E-state index contributed by atoms with van der Waals surface area (Å²) >= 11 is 8.48. The molecule has 1 aromatic rings. The molecule has 0 aliphatic rings. The normalized spacial score (nSPS) is 11.4. The molecule has 0 unspecified atom stereocenters. The van der Waals surface area contributed by atoms with E-state index in [1.165, 1.54) is 6.07 Å². The summed E-state index contributed by atoms with van der Waals surface area (Å²) in [5.41, 5.74) is 0.118. The lowest BCUT2D eigenvalue weighted by Crippen LogP contribution is -2.17. The molecule has 0 aromatic heterocycles. The largest absolute Gasteiger partial charge is 0.573 e. The molecule has 0 N–H and O–H groups in total. The number of ether oxygens (including phenoxy) is 1. The van der Waals surface area contributed by atoms with Gasteiger partial charge in [-0.05, 0) is 18.2 Å². The molecular formula is C10H7BrClF3O2. The van der Waals surface area contributed by atoms with Crippen LogP contribution in [0.2, 0.25) is 0 Å². The first-order valence-electron chi connectivity index (χ1n) is 4.48. The Morgan fingerprint density at radius 2 is 2.06 bits per heavy atom. The van der Waals surface area contributed by atoms with Gasteiger partial charge in [0.15, 0.2) is 5.78 Å². The van der Waals surface area contributed by atoms with Crippen LogP contribution in [-0.2, 0) is 0 Å². The van der Waals surface area contributed by atoms with Crippen LogP contribution in [0, 0.1) is 0 Å². The van der Waals surface area contributed by atoms with E-state index in [-0.39, 0.29) is 23.6 Å². The third kappa shape index (κ3) is 4.55. The van der Waals surface area contributed by atoms with Gasteiger partial charge in [0.25, 0.3) is 0 Å². The predicted molar refractivity (Wildman–Crippen MR) is 60.5 cm³/mol. The number of carbonyl (C=O) groups is 1. The molecule has 94 valence electrons. The zero-order valence-electron chi connectivity index (χ0n) is 8.35. The lowest BCUT2D eigenvalue weighted by atomic mass is 10.1. The molecule has 0 saturated carbocycles. The second-order valence-electron chi connectivity index (χ2n) is 3.05. The molecule has 17 heavy (non-hydrogen) atoms. The van der Waals surface area contributed by atoms with Gasteiger partial charge in [0, 0.05) is 22.3 Å². The molecule has 0 spiro atoms. The molecule has 0 aliphatic carbocycles. The van der Waals surface area contributed by atoms with Crippen molar-refractivity contribution in [2.24, 2.45) is 0 Å². The van der Waals surface area contributed by atoms with Gasteiger partial charge in [0.1, 0.15) is 5.75 Å². The fourth-order valence-electron chi connectivity index (χ4n) is 1.14. The number of hydrogen-bond donors (Lipinski definition) is 0. The number of ketones is 1. The lowest BCUT2D eigenvalue weighted by Gasteiger charge is -2.10. The zero-order chi connectivity index (χ0) is 13.1. The molecule has 0 atom stereocenters. The van der Waals surface area contributed by atoms with Crippen LogP contribution < -0.4 is 4.74 Å². The van der Waals surface area contributed by atoms with Crippen molar-refractivity contribution < 1.29 is 22.7 Å². The van der Waals surface area contributed by atoms with E-state index in [2.05, 4.69) is 20.7 Å². The Bertz CT molecular complexity index is 421. The molecule has 0 heterocycles. The molecule has 2 nitrogen and oxygen atoms in total. The molecule has 0 aliphatic heterocycles. The van der Waals surface area contributed by atoms with Crippen molar-refractivity contribution in [2.45, 2.75) is 12.8 Å². The van der Waals surface area contributed by atoms with Crippen LogP contribution in [0.4, 0.5) is 13.2 Å². The first-order chi connectivity index (χ1) is 7.83. The third-order valence-electron chi connectivity index (χ3n) is 1.79. The molecule has 7 heteroatoms. The average molecular weight is 332 g/mol. The molecule has 0 amide bonds. The SMILES string of the molecule is O=C(CCCl)c1cc(OC(F)(F)F)ccc1Br. The van der Waals surface area contributed by atoms with Crippen molar-refractivity contribution in [3.63, 3.8) is 0 Å². The van der Waals surface area contributed by atoms with Crippen LogP contribution in [0.5, 0.6) is 5.75 Å². The second-order valence-corrected chi connectivity index (χ2v) is 4.28. The van der Waals surface area contributed by atoms with Gasteiger partial charge >= 0.3 is 6.36 Å². The van der Waals surface area contributed by atoms with Gasteiger partial charge in [-0.25, -0.2) is 0 Å². The Kier molecular flexibility index (Phi) is 4.82. The Morgan fingerprint density at radius 1 is 1.41 bits per heavy atom. The highest BCUT2D eigenvalue weighted by Gasteiger charge is 2.31. The first-order valence-corrected chi connectivity index (χ1v) is 5.80. The number of hydrogen-bond acceptors (Lipinski definition) is 2. The van der Waals surface area contributed by atoms with Crippen LogP contribution >= 0.6 is 27.5 Å².